The van der Waals surface area contributed by atoms with Crippen LogP contribution in [-0.4, -0.2) is 45.7 Å². The summed E-state index contributed by atoms with van der Waals surface area (Å²) in [7, 11) is 1.56. The normalized spacial score (nSPS) is 10.4. The van der Waals surface area contributed by atoms with E-state index in [0.29, 0.717) is 36.2 Å². The van der Waals surface area contributed by atoms with Crippen molar-refractivity contribution in [2.75, 3.05) is 30.8 Å². The van der Waals surface area contributed by atoms with Gasteiger partial charge in [0.25, 0.3) is 0 Å². The molecule has 0 atom stereocenters. The average Bonchev–Trinajstić information content (AvgIpc) is 3.11. The molecule has 0 unspecified atom stereocenters. The van der Waals surface area contributed by atoms with Gasteiger partial charge in [-0.3, -0.25) is 4.57 Å². The highest BCUT2D eigenvalue weighted by Gasteiger charge is 2.08. The van der Waals surface area contributed by atoms with Gasteiger partial charge < -0.3 is 20.7 Å². The molecule has 0 fully saturated rings. The number of aromatic nitrogens is 4. The number of nitrogens with zero attached hydrogens (tertiary/aromatic N) is 4. The van der Waals surface area contributed by atoms with Gasteiger partial charge in [0.15, 0.2) is 0 Å². The first-order valence-corrected chi connectivity index (χ1v) is 8.84. The molecule has 9 nitrogen and oxygen atoms in total. The molecule has 9 heteroatoms. The van der Waals surface area contributed by atoms with Crippen LogP contribution in [-0.2, 0) is 0 Å². The van der Waals surface area contributed by atoms with Crippen LogP contribution in [0.5, 0.6) is 5.75 Å². The number of benzene rings is 1. The van der Waals surface area contributed by atoms with E-state index in [2.05, 4.69) is 30.9 Å². The van der Waals surface area contributed by atoms with Crippen molar-refractivity contribution >= 4 is 17.5 Å². The number of hydrogen-bond donors (Lipinski definition) is 3. The fourth-order valence-electron chi connectivity index (χ4n) is 2.67. The maximum absolute atomic E-state index is 12.1. The molecule has 0 radical (unpaired) electrons. The van der Waals surface area contributed by atoms with Gasteiger partial charge in [-0.05, 0) is 26.0 Å². The summed E-state index contributed by atoms with van der Waals surface area (Å²) in [5, 5.41) is 8.75. The van der Waals surface area contributed by atoms with Crippen LogP contribution in [0.2, 0.25) is 0 Å². The molecule has 0 saturated heterocycles. The largest absolute Gasteiger partial charge is 0.495 e. The van der Waals surface area contributed by atoms with Gasteiger partial charge in [0, 0.05) is 31.5 Å². The molecule has 3 rings (SSSR count). The van der Waals surface area contributed by atoms with Crippen LogP contribution < -0.4 is 20.7 Å². The Labute approximate surface area is 163 Å². The van der Waals surface area contributed by atoms with Gasteiger partial charge in [-0.1, -0.05) is 12.1 Å². The van der Waals surface area contributed by atoms with E-state index < -0.39 is 0 Å². The van der Waals surface area contributed by atoms with Gasteiger partial charge in [-0.25, -0.2) is 19.7 Å². The summed E-state index contributed by atoms with van der Waals surface area (Å²) in [6, 6.07) is 8.77. The Morgan fingerprint density at radius 2 is 2.00 bits per heavy atom. The minimum atomic E-state index is -0.306. The number of carbonyl (C=O) groups excluding carboxylic acids is 1. The Balaban J connectivity index is 1.52. The molecule has 0 aliphatic heterocycles. The zero-order valence-electron chi connectivity index (χ0n) is 16.1. The molecule has 28 heavy (non-hydrogen) atoms. The highest BCUT2D eigenvalue weighted by Crippen LogP contribution is 2.22. The molecule has 0 aliphatic rings. The van der Waals surface area contributed by atoms with Crippen molar-refractivity contribution in [2.45, 2.75) is 13.8 Å². The van der Waals surface area contributed by atoms with Gasteiger partial charge in [0.05, 0.1) is 12.8 Å². The third-order valence-electron chi connectivity index (χ3n) is 3.97. The van der Waals surface area contributed by atoms with Crippen molar-refractivity contribution in [1.82, 2.24) is 24.8 Å². The number of imidazole rings is 1. The quantitative estimate of drug-likeness (QED) is 0.543. The highest BCUT2D eigenvalue weighted by molar-refractivity contribution is 5.90. The summed E-state index contributed by atoms with van der Waals surface area (Å²) in [6.07, 6.45) is 3.58. The SMILES string of the molecule is COc1ccccc1NC(=O)NCCNc1cc(-n2ccnc2C)nc(C)n1. The topological polar surface area (TPSA) is 106 Å². The van der Waals surface area contributed by atoms with Gasteiger partial charge >= 0.3 is 6.03 Å². The van der Waals surface area contributed by atoms with Crippen molar-refractivity contribution in [3.63, 3.8) is 0 Å². The maximum atomic E-state index is 12.1. The molecule has 0 saturated carbocycles. The number of carbonyl (C=O) groups is 1. The lowest BCUT2D eigenvalue weighted by molar-refractivity contribution is 0.252. The zero-order valence-corrected chi connectivity index (χ0v) is 16.1. The number of hydrogen-bond acceptors (Lipinski definition) is 6. The van der Waals surface area contributed by atoms with Gasteiger partial charge in [0.1, 0.15) is 29.0 Å². The lowest BCUT2D eigenvalue weighted by atomic mass is 10.3. The average molecular weight is 381 g/mol. The van der Waals surface area contributed by atoms with E-state index in [1.807, 2.05) is 42.8 Å². The van der Waals surface area contributed by atoms with Crippen LogP contribution in [0.25, 0.3) is 5.82 Å². The molecular weight excluding hydrogens is 358 g/mol. The summed E-state index contributed by atoms with van der Waals surface area (Å²) in [5.41, 5.74) is 0.613. The second kappa shape index (κ2) is 8.85. The van der Waals surface area contributed by atoms with Crippen molar-refractivity contribution in [3.8, 4) is 11.6 Å². The maximum Gasteiger partial charge on any atom is 0.319 e. The van der Waals surface area contributed by atoms with E-state index >= 15 is 0 Å². The Morgan fingerprint density at radius 1 is 1.18 bits per heavy atom. The van der Waals surface area contributed by atoms with E-state index in [9.17, 15) is 4.79 Å². The Hall–Kier alpha value is -3.62. The number of ether oxygens (including phenoxy) is 1. The van der Waals surface area contributed by atoms with E-state index in [1.54, 1.807) is 25.4 Å². The first kappa shape index (κ1) is 19.2. The predicted molar refractivity (Wildman–Crippen MR) is 107 cm³/mol. The van der Waals surface area contributed by atoms with Gasteiger partial charge in [0.2, 0.25) is 0 Å². The molecule has 3 N–H and O–H groups in total. The van der Waals surface area contributed by atoms with Crippen LogP contribution in [0.3, 0.4) is 0 Å². The minimum Gasteiger partial charge on any atom is -0.495 e. The van der Waals surface area contributed by atoms with E-state index in [-0.39, 0.29) is 6.03 Å². The Bertz CT molecular complexity index is 955. The van der Waals surface area contributed by atoms with Crippen molar-refractivity contribution < 1.29 is 9.53 Å². The molecule has 2 amide bonds. The number of para-hydroxylation sites is 2. The fraction of sp³-hybridized carbons (Fsp3) is 0.263. The number of methoxy groups -OCH3 is 1. The molecule has 0 aliphatic carbocycles. The lowest BCUT2D eigenvalue weighted by Crippen LogP contribution is -2.32. The van der Waals surface area contributed by atoms with Crippen LogP contribution in [0, 0.1) is 13.8 Å². The smallest absolute Gasteiger partial charge is 0.319 e. The molecule has 0 bridgehead atoms. The van der Waals surface area contributed by atoms with Crippen LogP contribution in [0.1, 0.15) is 11.6 Å². The molecule has 2 heterocycles. The van der Waals surface area contributed by atoms with Gasteiger partial charge in [-0.2, -0.15) is 0 Å². The summed E-state index contributed by atoms with van der Waals surface area (Å²) in [6.45, 7) is 4.68. The second-order valence-electron chi connectivity index (χ2n) is 6.01. The highest BCUT2D eigenvalue weighted by atomic mass is 16.5. The summed E-state index contributed by atoms with van der Waals surface area (Å²) in [4.78, 5) is 25.1. The zero-order chi connectivity index (χ0) is 19.9. The van der Waals surface area contributed by atoms with Crippen LogP contribution in [0.4, 0.5) is 16.3 Å². The molecule has 0 spiro atoms. The first-order chi connectivity index (χ1) is 13.6. The Morgan fingerprint density at radius 3 is 2.75 bits per heavy atom. The number of amides is 2. The molecule has 1 aromatic carbocycles. The summed E-state index contributed by atoms with van der Waals surface area (Å²) < 4.78 is 7.10. The third kappa shape index (κ3) is 4.76. The van der Waals surface area contributed by atoms with Crippen molar-refractivity contribution in [2.24, 2.45) is 0 Å². The number of urea groups is 1. The molecule has 146 valence electrons. The van der Waals surface area contributed by atoms with Crippen LogP contribution >= 0.6 is 0 Å². The predicted octanol–water partition coefficient (Wildman–Crippen LogP) is 2.52. The number of aryl methyl sites for hydroxylation is 2. The van der Waals surface area contributed by atoms with Crippen molar-refractivity contribution in [3.05, 3.63) is 54.4 Å². The minimum absolute atomic E-state index is 0.306. The first-order valence-electron chi connectivity index (χ1n) is 8.84. The lowest BCUT2D eigenvalue weighted by Gasteiger charge is -2.12. The number of nitrogens with one attached hydrogen (secondary N) is 3. The fourth-order valence-corrected chi connectivity index (χ4v) is 2.67. The van der Waals surface area contributed by atoms with E-state index in [0.717, 1.165) is 11.6 Å². The monoisotopic (exact) mass is 381 g/mol. The van der Waals surface area contributed by atoms with E-state index in [4.69, 9.17) is 4.74 Å². The standard InChI is InChI=1S/C19H23N7O2/c1-13-23-17(12-18(24-13)26-11-10-20-14(26)2)21-8-9-22-19(27)25-15-6-4-5-7-16(15)28-3/h4-7,10-12H,8-9H2,1-3H3,(H,21,23,24)(H2,22,25,27). The number of anilines is 2. The summed E-state index contributed by atoms with van der Waals surface area (Å²) >= 11 is 0. The Kier molecular flexibility index (Phi) is 6.05. The molecule has 2 aromatic heterocycles. The molecule has 3 aromatic rings. The van der Waals surface area contributed by atoms with E-state index in [1.165, 1.54) is 0 Å². The summed E-state index contributed by atoms with van der Waals surface area (Å²) in [5.74, 6) is 3.53. The molecular formula is C19H23N7O2. The van der Waals surface area contributed by atoms with Crippen LogP contribution in [0.15, 0.2) is 42.7 Å². The van der Waals surface area contributed by atoms with Gasteiger partial charge in [-0.15, -0.1) is 0 Å². The van der Waals surface area contributed by atoms with Crippen molar-refractivity contribution in [1.29, 1.82) is 0 Å². The second-order valence-corrected chi connectivity index (χ2v) is 6.01. The third-order valence-corrected chi connectivity index (χ3v) is 3.97. The number of rotatable bonds is 7.